The first-order valence-electron chi connectivity index (χ1n) is 20.9. The highest BCUT2D eigenvalue weighted by molar-refractivity contribution is 5.97. The topological polar surface area (TPSA) is 24.1 Å². The standard InChI is InChI=1S/C56H46N2/c1-57-53(39-21-6-3-7-22-39)35-40(37-58-36-38-19-4-2-5-20-38)41-26-18-34-52-54(41)44-25-10-13-29-47(44)56(52)50-32-16-14-30-48(50)55(49-31-15-17-33-51(49)56)45-27-11-8-23-42(45)43-24-9-12-28-46(43)55/h2-16,18-32,34-35,53,57-58H,17,33,36-37H2,1H3/b40-35+. The molecule has 7 aromatic rings. The molecule has 0 radical (unpaired) electrons. The molecule has 58 heavy (non-hydrogen) atoms. The molecule has 2 nitrogen and oxygen atoms in total. The maximum atomic E-state index is 3.87. The van der Waals surface area contributed by atoms with Gasteiger partial charge >= 0.3 is 0 Å². The molecule has 0 saturated heterocycles. The van der Waals surface area contributed by atoms with Gasteiger partial charge in [-0.15, -0.1) is 0 Å². The first-order chi connectivity index (χ1) is 28.8. The van der Waals surface area contributed by atoms with Crippen molar-refractivity contribution in [2.75, 3.05) is 13.6 Å². The molecule has 2 unspecified atom stereocenters. The van der Waals surface area contributed by atoms with Crippen LogP contribution in [0.2, 0.25) is 0 Å². The van der Waals surface area contributed by atoms with Gasteiger partial charge in [0.25, 0.3) is 0 Å². The van der Waals surface area contributed by atoms with Gasteiger partial charge in [-0.05, 0) is 109 Å². The Morgan fingerprint density at radius 2 is 1.12 bits per heavy atom. The molecule has 4 aliphatic carbocycles. The molecule has 0 heterocycles. The zero-order valence-corrected chi connectivity index (χ0v) is 32.9. The molecular weight excluding hydrogens is 701 g/mol. The Balaban J connectivity index is 1.18. The normalized spacial score (nSPS) is 18.3. The summed E-state index contributed by atoms with van der Waals surface area (Å²) in [5, 5.41) is 7.51. The number of benzene rings is 7. The third-order valence-corrected chi connectivity index (χ3v) is 13.5. The highest BCUT2D eigenvalue weighted by Crippen LogP contribution is 2.69. The smallest absolute Gasteiger partial charge is 0.0716 e. The van der Waals surface area contributed by atoms with Crippen molar-refractivity contribution in [3.63, 3.8) is 0 Å². The number of fused-ring (bicyclic) bond motifs is 15. The molecule has 0 aromatic heterocycles. The van der Waals surface area contributed by atoms with Gasteiger partial charge in [-0.2, -0.15) is 0 Å². The van der Waals surface area contributed by atoms with E-state index in [1.54, 1.807) is 0 Å². The van der Waals surface area contributed by atoms with E-state index < -0.39 is 10.8 Å². The summed E-state index contributed by atoms with van der Waals surface area (Å²) in [5.41, 5.74) is 21.0. The fourth-order valence-corrected chi connectivity index (χ4v) is 11.3. The molecule has 280 valence electrons. The maximum absolute atomic E-state index is 3.87. The van der Waals surface area contributed by atoms with Crippen molar-refractivity contribution in [2.45, 2.75) is 36.3 Å². The minimum absolute atomic E-state index is 0.0479. The van der Waals surface area contributed by atoms with Crippen molar-refractivity contribution in [1.82, 2.24) is 10.6 Å². The predicted molar refractivity (Wildman–Crippen MR) is 240 cm³/mol. The zero-order chi connectivity index (χ0) is 38.7. The van der Waals surface area contributed by atoms with E-state index in [0.717, 1.165) is 25.9 Å². The van der Waals surface area contributed by atoms with Crippen LogP contribution in [0.1, 0.15) is 69.0 Å². The fourth-order valence-electron chi connectivity index (χ4n) is 11.3. The van der Waals surface area contributed by atoms with Gasteiger partial charge in [0.1, 0.15) is 0 Å². The van der Waals surface area contributed by atoms with E-state index in [4.69, 9.17) is 0 Å². The number of likely N-dealkylation sites (N-methyl/N-ethyl adjacent to an activating group) is 1. The van der Waals surface area contributed by atoms with E-state index in [2.05, 4.69) is 212 Å². The third kappa shape index (κ3) is 4.92. The number of hydrogen-bond acceptors (Lipinski definition) is 2. The summed E-state index contributed by atoms with van der Waals surface area (Å²) in [5.74, 6) is 0. The molecule has 11 rings (SSSR count). The Bertz CT molecular complexity index is 2760. The van der Waals surface area contributed by atoms with E-state index in [9.17, 15) is 0 Å². The van der Waals surface area contributed by atoms with E-state index >= 15 is 0 Å². The van der Waals surface area contributed by atoms with Gasteiger partial charge in [-0.25, -0.2) is 0 Å². The maximum Gasteiger partial charge on any atom is 0.0716 e. The lowest BCUT2D eigenvalue weighted by Crippen LogP contribution is -2.44. The second kappa shape index (κ2) is 14.0. The summed E-state index contributed by atoms with van der Waals surface area (Å²) in [6.07, 6.45) is 9.43. The largest absolute Gasteiger partial charge is 0.310 e. The van der Waals surface area contributed by atoms with Crippen molar-refractivity contribution in [1.29, 1.82) is 0 Å². The summed E-state index contributed by atoms with van der Waals surface area (Å²) >= 11 is 0. The van der Waals surface area contributed by atoms with Crippen LogP contribution in [0.4, 0.5) is 0 Å². The molecule has 2 N–H and O–H groups in total. The SMILES string of the molecule is CNC(/C=C(\CNCc1ccccc1)c1cccc2c1-c1ccccc1C21C2=C(C=CCC2)C2(c3ccccc3-c3ccccc32)c2ccccc21)c1ccccc1. The lowest BCUT2D eigenvalue weighted by Gasteiger charge is -2.50. The summed E-state index contributed by atoms with van der Waals surface area (Å²) < 4.78 is 0. The average Bonchev–Trinajstić information content (AvgIpc) is 3.76. The lowest BCUT2D eigenvalue weighted by molar-refractivity contribution is 0.590. The van der Waals surface area contributed by atoms with Crippen LogP contribution in [-0.4, -0.2) is 13.6 Å². The summed E-state index contributed by atoms with van der Waals surface area (Å²) in [6.45, 7) is 1.53. The van der Waals surface area contributed by atoms with Crippen molar-refractivity contribution in [3.05, 3.63) is 255 Å². The number of hydrogen-bond donors (Lipinski definition) is 2. The molecular formula is C56H46N2. The monoisotopic (exact) mass is 746 g/mol. The zero-order valence-electron chi connectivity index (χ0n) is 32.9. The first-order valence-corrected chi connectivity index (χ1v) is 20.9. The summed E-state index contributed by atoms with van der Waals surface area (Å²) in [4.78, 5) is 0. The van der Waals surface area contributed by atoms with Crippen LogP contribution >= 0.6 is 0 Å². The average molecular weight is 747 g/mol. The van der Waals surface area contributed by atoms with Crippen molar-refractivity contribution >= 4 is 5.57 Å². The Hall–Kier alpha value is -6.32. The van der Waals surface area contributed by atoms with E-state index in [0.29, 0.717) is 0 Å². The van der Waals surface area contributed by atoms with Crippen molar-refractivity contribution in [2.24, 2.45) is 0 Å². The second-order valence-corrected chi connectivity index (χ2v) is 16.2. The molecule has 0 bridgehead atoms. The lowest BCUT2D eigenvalue weighted by atomic mass is 9.51. The molecule has 0 saturated carbocycles. The van der Waals surface area contributed by atoms with Gasteiger partial charge in [0.05, 0.1) is 16.9 Å². The summed E-state index contributed by atoms with van der Waals surface area (Å²) in [6, 6.07) is 65.9. The van der Waals surface area contributed by atoms with Gasteiger partial charge in [-0.1, -0.05) is 194 Å². The predicted octanol–water partition coefficient (Wildman–Crippen LogP) is 12.1. The molecule has 0 aliphatic heterocycles. The van der Waals surface area contributed by atoms with Crippen LogP contribution in [0.5, 0.6) is 0 Å². The minimum Gasteiger partial charge on any atom is -0.310 e. The number of rotatable bonds is 8. The Morgan fingerprint density at radius 1 is 0.569 bits per heavy atom. The first kappa shape index (κ1) is 34.9. The second-order valence-electron chi connectivity index (χ2n) is 16.2. The van der Waals surface area contributed by atoms with Crippen molar-refractivity contribution < 1.29 is 0 Å². The molecule has 7 aromatic carbocycles. The number of allylic oxidation sites excluding steroid dienone is 4. The van der Waals surface area contributed by atoms with Gasteiger partial charge in [0, 0.05) is 13.1 Å². The van der Waals surface area contributed by atoms with E-state index in [1.807, 2.05) is 0 Å². The van der Waals surface area contributed by atoms with Crippen LogP contribution < -0.4 is 10.6 Å². The van der Waals surface area contributed by atoms with Crippen LogP contribution in [0.25, 0.3) is 27.8 Å². The fraction of sp³-hybridized carbons (Fsp3) is 0.143. The van der Waals surface area contributed by atoms with E-state index in [1.165, 1.54) is 89.0 Å². The van der Waals surface area contributed by atoms with Crippen LogP contribution in [0.3, 0.4) is 0 Å². The van der Waals surface area contributed by atoms with Gasteiger partial charge in [0.15, 0.2) is 0 Å². The van der Waals surface area contributed by atoms with Gasteiger partial charge < -0.3 is 10.6 Å². The van der Waals surface area contributed by atoms with Crippen molar-refractivity contribution in [3.8, 4) is 22.3 Å². The molecule has 4 aliphatic rings. The highest BCUT2D eigenvalue weighted by atomic mass is 14.9. The third-order valence-electron chi connectivity index (χ3n) is 13.5. The van der Waals surface area contributed by atoms with E-state index in [-0.39, 0.29) is 6.04 Å². The molecule has 0 amide bonds. The van der Waals surface area contributed by atoms with Gasteiger partial charge in [-0.3, -0.25) is 0 Å². The molecule has 0 fully saturated rings. The van der Waals surface area contributed by atoms with Gasteiger partial charge in [0.2, 0.25) is 0 Å². The van der Waals surface area contributed by atoms with Crippen LogP contribution in [0.15, 0.2) is 205 Å². The number of nitrogens with one attached hydrogen (secondary N) is 2. The quantitative estimate of drug-likeness (QED) is 0.162. The van der Waals surface area contributed by atoms with Crippen LogP contribution in [-0.2, 0) is 17.4 Å². The molecule has 2 spiro atoms. The Labute approximate surface area is 342 Å². The summed E-state index contributed by atoms with van der Waals surface area (Å²) in [7, 11) is 2.07. The molecule has 2 heteroatoms. The molecule has 2 atom stereocenters. The Morgan fingerprint density at radius 3 is 1.79 bits per heavy atom. The Kier molecular flexibility index (Phi) is 8.39. The van der Waals surface area contributed by atoms with Crippen LogP contribution in [0, 0.1) is 0 Å². The highest BCUT2D eigenvalue weighted by Gasteiger charge is 2.59. The minimum atomic E-state index is -0.444.